The van der Waals surface area contributed by atoms with Crippen molar-refractivity contribution in [3.05, 3.63) is 12.7 Å². The largest absolute Gasteiger partial charge is 0.460 e. The first-order chi connectivity index (χ1) is 6.79. The Morgan fingerprint density at radius 1 is 1.53 bits per heavy atom. The van der Waals surface area contributed by atoms with Gasteiger partial charge in [0.15, 0.2) is 0 Å². The summed E-state index contributed by atoms with van der Waals surface area (Å²) in [5, 5.41) is 0. The fraction of sp³-hybridized carbons (Fsp3) is 0.750. The zero-order chi connectivity index (χ0) is 11.7. The first kappa shape index (κ1) is 12.2. The van der Waals surface area contributed by atoms with Gasteiger partial charge in [-0.3, -0.25) is 4.79 Å². The molecule has 15 heavy (non-hydrogen) atoms. The summed E-state index contributed by atoms with van der Waals surface area (Å²) in [5.74, 6) is -0.251. The van der Waals surface area contributed by atoms with E-state index in [0.29, 0.717) is 0 Å². The van der Waals surface area contributed by atoms with Gasteiger partial charge in [-0.1, -0.05) is 6.08 Å². The third-order valence-electron chi connectivity index (χ3n) is 2.91. The molecule has 1 fully saturated rings. The Morgan fingerprint density at radius 3 is 2.53 bits per heavy atom. The molecule has 0 spiro atoms. The molecule has 1 rings (SSSR count). The topological polar surface area (TPSA) is 35.5 Å². The van der Waals surface area contributed by atoms with E-state index in [1.807, 2.05) is 26.8 Å². The molecule has 0 aromatic rings. The van der Waals surface area contributed by atoms with Crippen LogP contribution in [-0.4, -0.2) is 23.3 Å². The molecule has 0 radical (unpaired) electrons. The highest BCUT2D eigenvalue weighted by Crippen LogP contribution is 2.37. The standard InChI is InChI=1S/C12H20O3/c1-6-12(5)8-7-10(14-9(2)13)11(3,4)15-12/h6,10H,1,7-8H2,2-5H3/t10-,12+/m1/s1. The van der Waals surface area contributed by atoms with Gasteiger partial charge in [-0.05, 0) is 33.6 Å². The zero-order valence-corrected chi connectivity index (χ0v) is 10.0. The molecular formula is C12H20O3. The smallest absolute Gasteiger partial charge is 0.303 e. The van der Waals surface area contributed by atoms with Crippen LogP contribution in [0.4, 0.5) is 0 Å². The fourth-order valence-electron chi connectivity index (χ4n) is 2.03. The Hall–Kier alpha value is -0.830. The van der Waals surface area contributed by atoms with Gasteiger partial charge in [-0.2, -0.15) is 0 Å². The van der Waals surface area contributed by atoms with Gasteiger partial charge in [0.2, 0.25) is 0 Å². The summed E-state index contributed by atoms with van der Waals surface area (Å²) in [4.78, 5) is 10.9. The lowest BCUT2D eigenvalue weighted by Crippen LogP contribution is -2.52. The van der Waals surface area contributed by atoms with Crippen molar-refractivity contribution >= 4 is 5.97 Å². The first-order valence-corrected chi connectivity index (χ1v) is 5.30. The van der Waals surface area contributed by atoms with Crippen LogP contribution in [0.1, 0.15) is 40.5 Å². The fourth-order valence-corrected chi connectivity index (χ4v) is 2.03. The van der Waals surface area contributed by atoms with E-state index in [0.717, 1.165) is 12.8 Å². The summed E-state index contributed by atoms with van der Waals surface area (Å²) < 4.78 is 11.2. The second-order valence-corrected chi connectivity index (χ2v) is 4.86. The van der Waals surface area contributed by atoms with Crippen LogP contribution in [0.2, 0.25) is 0 Å². The maximum atomic E-state index is 10.9. The molecule has 0 unspecified atom stereocenters. The van der Waals surface area contributed by atoms with Crippen LogP contribution in [0.5, 0.6) is 0 Å². The van der Waals surface area contributed by atoms with Crippen LogP contribution < -0.4 is 0 Å². The second kappa shape index (κ2) is 3.97. The van der Waals surface area contributed by atoms with Crippen molar-refractivity contribution in [2.75, 3.05) is 0 Å². The minimum atomic E-state index is -0.452. The molecule has 1 aliphatic rings. The average Bonchev–Trinajstić information content (AvgIpc) is 2.09. The molecule has 0 bridgehead atoms. The van der Waals surface area contributed by atoms with Crippen molar-refractivity contribution < 1.29 is 14.3 Å². The summed E-state index contributed by atoms with van der Waals surface area (Å²) >= 11 is 0. The lowest BCUT2D eigenvalue weighted by Gasteiger charge is -2.46. The maximum absolute atomic E-state index is 10.9. The molecule has 0 aromatic heterocycles. The molecule has 0 N–H and O–H groups in total. The molecule has 1 aliphatic heterocycles. The van der Waals surface area contributed by atoms with Crippen LogP contribution >= 0.6 is 0 Å². The van der Waals surface area contributed by atoms with E-state index < -0.39 is 5.60 Å². The van der Waals surface area contributed by atoms with Gasteiger partial charge in [0.1, 0.15) is 11.7 Å². The summed E-state index contributed by atoms with van der Waals surface area (Å²) in [7, 11) is 0. The van der Waals surface area contributed by atoms with E-state index >= 15 is 0 Å². The molecule has 0 amide bonds. The highest BCUT2D eigenvalue weighted by atomic mass is 16.6. The summed E-state index contributed by atoms with van der Waals surface area (Å²) in [6, 6.07) is 0. The molecule has 3 nitrogen and oxygen atoms in total. The Kier molecular flexibility index (Phi) is 3.24. The lowest BCUT2D eigenvalue weighted by molar-refractivity contribution is -0.211. The van der Waals surface area contributed by atoms with Gasteiger partial charge in [0.05, 0.1) is 5.60 Å². The molecule has 0 aromatic carbocycles. The molecule has 0 saturated carbocycles. The third-order valence-corrected chi connectivity index (χ3v) is 2.91. The second-order valence-electron chi connectivity index (χ2n) is 4.86. The zero-order valence-electron chi connectivity index (χ0n) is 10.0. The Labute approximate surface area is 91.4 Å². The van der Waals surface area contributed by atoms with E-state index in [1.54, 1.807) is 0 Å². The predicted molar refractivity (Wildman–Crippen MR) is 58.6 cm³/mol. The normalized spacial score (nSPS) is 34.5. The van der Waals surface area contributed by atoms with E-state index in [4.69, 9.17) is 9.47 Å². The Balaban J connectivity index is 2.74. The van der Waals surface area contributed by atoms with Gasteiger partial charge < -0.3 is 9.47 Å². The van der Waals surface area contributed by atoms with Gasteiger partial charge in [0.25, 0.3) is 0 Å². The van der Waals surface area contributed by atoms with Crippen molar-refractivity contribution in [3.8, 4) is 0 Å². The summed E-state index contributed by atoms with van der Waals surface area (Å²) in [5.41, 5.74) is -0.757. The Bertz CT molecular complexity index is 270. The minimum Gasteiger partial charge on any atom is -0.460 e. The van der Waals surface area contributed by atoms with Gasteiger partial charge >= 0.3 is 5.97 Å². The molecule has 86 valence electrons. The van der Waals surface area contributed by atoms with E-state index in [9.17, 15) is 4.79 Å². The minimum absolute atomic E-state index is 0.164. The first-order valence-electron chi connectivity index (χ1n) is 5.30. The van der Waals surface area contributed by atoms with Crippen LogP contribution in [0.15, 0.2) is 12.7 Å². The SMILES string of the molecule is C=C[C@@]1(C)CC[C@@H](OC(C)=O)C(C)(C)O1. The van der Waals surface area contributed by atoms with E-state index in [2.05, 4.69) is 6.58 Å². The number of rotatable bonds is 2. The van der Waals surface area contributed by atoms with Gasteiger partial charge in [-0.25, -0.2) is 0 Å². The predicted octanol–water partition coefficient (Wildman–Crippen LogP) is 2.45. The number of carbonyl (C=O) groups excluding carboxylic acids is 1. The van der Waals surface area contributed by atoms with Crippen molar-refractivity contribution in [3.63, 3.8) is 0 Å². The van der Waals surface area contributed by atoms with Crippen molar-refractivity contribution in [1.29, 1.82) is 0 Å². The monoisotopic (exact) mass is 212 g/mol. The van der Waals surface area contributed by atoms with E-state index in [1.165, 1.54) is 6.92 Å². The molecule has 1 saturated heterocycles. The highest BCUT2D eigenvalue weighted by Gasteiger charge is 2.43. The number of ether oxygens (including phenoxy) is 2. The number of esters is 1. The molecule has 2 atom stereocenters. The summed E-state index contributed by atoms with van der Waals surface area (Å²) in [6.07, 6.45) is 3.30. The van der Waals surface area contributed by atoms with Crippen molar-refractivity contribution in [2.24, 2.45) is 0 Å². The quantitative estimate of drug-likeness (QED) is 0.521. The molecule has 3 heteroatoms. The number of hydrogen-bond acceptors (Lipinski definition) is 3. The summed E-state index contributed by atoms with van der Waals surface area (Å²) in [6.45, 7) is 11.1. The molecular weight excluding hydrogens is 192 g/mol. The Morgan fingerprint density at radius 2 is 2.13 bits per heavy atom. The van der Waals surface area contributed by atoms with Crippen LogP contribution in [0, 0.1) is 0 Å². The number of carbonyl (C=O) groups is 1. The van der Waals surface area contributed by atoms with E-state index in [-0.39, 0.29) is 17.7 Å². The van der Waals surface area contributed by atoms with Crippen LogP contribution in [-0.2, 0) is 14.3 Å². The maximum Gasteiger partial charge on any atom is 0.303 e. The van der Waals surface area contributed by atoms with Crippen LogP contribution in [0.3, 0.4) is 0 Å². The lowest BCUT2D eigenvalue weighted by atomic mass is 9.85. The van der Waals surface area contributed by atoms with Gasteiger partial charge in [-0.15, -0.1) is 6.58 Å². The average molecular weight is 212 g/mol. The third kappa shape index (κ3) is 2.81. The molecule has 1 heterocycles. The van der Waals surface area contributed by atoms with Crippen LogP contribution in [0.25, 0.3) is 0 Å². The molecule has 0 aliphatic carbocycles. The number of hydrogen-bond donors (Lipinski definition) is 0. The van der Waals surface area contributed by atoms with Crippen molar-refractivity contribution in [2.45, 2.75) is 57.8 Å². The van der Waals surface area contributed by atoms with Crippen molar-refractivity contribution in [1.82, 2.24) is 0 Å². The van der Waals surface area contributed by atoms with Gasteiger partial charge in [0, 0.05) is 6.92 Å². The highest BCUT2D eigenvalue weighted by molar-refractivity contribution is 5.66.